The van der Waals surface area contributed by atoms with E-state index < -0.39 is 0 Å². The lowest BCUT2D eigenvalue weighted by Crippen LogP contribution is -2.42. The second-order valence-corrected chi connectivity index (χ2v) is 7.69. The largest absolute Gasteiger partial charge is 0.390 e. The van der Waals surface area contributed by atoms with Crippen LogP contribution in [0.5, 0.6) is 0 Å². The van der Waals surface area contributed by atoms with Crippen LogP contribution in [0.3, 0.4) is 0 Å². The van der Waals surface area contributed by atoms with Gasteiger partial charge in [0.05, 0.1) is 6.10 Å². The third kappa shape index (κ3) is 3.93. The molecule has 1 N–H and O–H groups in total. The highest BCUT2D eigenvalue weighted by molar-refractivity contribution is 5.53. The number of rotatable bonds is 4. The highest BCUT2D eigenvalue weighted by Crippen LogP contribution is 2.24. The summed E-state index contributed by atoms with van der Waals surface area (Å²) in [5, 5.41) is 10.7. The second-order valence-electron chi connectivity index (χ2n) is 7.69. The molecular weight excluding hydrogens is 322 g/mol. The third-order valence-electron chi connectivity index (χ3n) is 5.70. The van der Waals surface area contributed by atoms with E-state index in [4.69, 9.17) is 0 Å². The van der Waals surface area contributed by atoms with Crippen molar-refractivity contribution >= 4 is 5.69 Å². The summed E-state index contributed by atoms with van der Waals surface area (Å²) in [5.74, 6) is 0. The third-order valence-corrected chi connectivity index (χ3v) is 5.70. The van der Waals surface area contributed by atoms with Crippen LogP contribution < -0.4 is 4.90 Å². The molecule has 2 aromatic carbocycles. The Morgan fingerprint density at radius 2 is 1.42 bits per heavy atom. The molecule has 0 aliphatic carbocycles. The second kappa shape index (κ2) is 7.78. The molecule has 138 valence electrons. The summed E-state index contributed by atoms with van der Waals surface area (Å²) in [6.45, 7) is 6.40. The molecule has 0 fully saturated rings. The Labute approximate surface area is 156 Å². The molecule has 0 saturated carbocycles. The first-order chi connectivity index (χ1) is 12.7. The lowest BCUT2D eigenvalue weighted by Gasteiger charge is -2.32. The van der Waals surface area contributed by atoms with Gasteiger partial charge in [0, 0.05) is 58.5 Å². The van der Waals surface area contributed by atoms with Crippen LogP contribution in [-0.4, -0.2) is 60.8 Å². The summed E-state index contributed by atoms with van der Waals surface area (Å²) in [7, 11) is 2.16. The van der Waals surface area contributed by atoms with Gasteiger partial charge in [-0.3, -0.25) is 9.80 Å². The van der Waals surface area contributed by atoms with E-state index in [0.717, 1.165) is 52.2 Å². The van der Waals surface area contributed by atoms with Crippen molar-refractivity contribution in [3.05, 3.63) is 65.2 Å². The van der Waals surface area contributed by atoms with Gasteiger partial charge in [-0.25, -0.2) is 0 Å². The molecule has 0 saturated heterocycles. The number of benzene rings is 2. The molecule has 4 nitrogen and oxygen atoms in total. The van der Waals surface area contributed by atoms with E-state index in [-0.39, 0.29) is 6.10 Å². The average Bonchev–Trinajstić information content (AvgIpc) is 2.81. The van der Waals surface area contributed by atoms with E-state index in [0.29, 0.717) is 0 Å². The van der Waals surface area contributed by atoms with Crippen LogP contribution in [0.15, 0.2) is 48.5 Å². The van der Waals surface area contributed by atoms with Crippen LogP contribution in [-0.2, 0) is 19.5 Å². The number of β-amino-alcohol motifs (C(OH)–C–C–N with tert-alkyl or cyclic N) is 1. The topological polar surface area (TPSA) is 30.0 Å². The molecule has 0 spiro atoms. The molecule has 1 atom stereocenters. The van der Waals surface area contributed by atoms with E-state index in [2.05, 4.69) is 70.3 Å². The molecule has 0 unspecified atom stereocenters. The Morgan fingerprint density at radius 1 is 0.808 bits per heavy atom. The number of anilines is 1. The van der Waals surface area contributed by atoms with Gasteiger partial charge in [-0.1, -0.05) is 42.5 Å². The number of likely N-dealkylation sites (N-methyl/N-ethyl adjacent to an activating group) is 1. The van der Waals surface area contributed by atoms with Gasteiger partial charge in [-0.15, -0.1) is 0 Å². The minimum absolute atomic E-state index is 0.309. The summed E-state index contributed by atoms with van der Waals surface area (Å²) >= 11 is 0. The smallest absolute Gasteiger partial charge is 0.0794 e. The molecule has 0 bridgehead atoms. The fraction of sp³-hybridized carbons (Fsp3) is 0.455. The van der Waals surface area contributed by atoms with E-state index in [1.807, 2.05) is 0 Å². The van der Waals surface area contributed by atoms with E-state index in [1.165, 1.54) is 22.4 Å². The standard InChI is InChI=1S/C22H29N3O/c1-23-12-13-25(15-20-8-4-5-9-22(20)23)17-21(26)16-24-11-10-18-6-2-3-7-19(18)14-24/h2-9,21,26H,10-17H2,1H3/t21-/m1/s1. The molecule has 0 radical (unpaired) electrons. The van der Waals surface area contributed by atoms with Crippen molar-refractivity contribution in [3.63, 3.8) is 0 Å². The van der Waals surface area contributed by atoms with Crippen molar-refractivity contribution < 1.29 is 5.11 Å². The monoisotopic (exact) mass is 351 g/mol. The van der Waals surface area contributed by atoms with Crippen LogP contribution in [0.25, 0.3) is 0 Å². The fourth-order valence-corrected chi connectivity index (χ4v) is 4.27. The Morgan fingerprint density at radius 3 is 2.23 bits per heavy atom. The maximum absolute atomic E-state index is 10.7. The Hall–Kier alpha value is -1.88. The number of para-hydroxylation sites is 1. The number of aliphatic hydroxyl groups is 1. The van der Waals surface area contributed by atoms with Gasteiger partial charge in [0.25, 0.3) is 0 Å². The maximum atomic E-state index is 10.7. The van der Waals surface area contributed by atoms with Gasteiger partial charge in [0.1, 0.15) is 0 Å². The maximum Gasteiger partial charge on any atom is 0.0794 e. The molecule has 26 heavy (non-hydrogen) atoms. The molecule has 2 aliphatic rings. The molecule has 2 aliphatic heterocycles. The van der Waals surface area contributed by atoms with Crippen LogP contribution in [0, 0.1) is 0 Å². The number of hydrogen-bond donors (Lipinski definition) is 1. The highest BCUT2D eigenvalue weighted by Gasteiger charge is 2.22. The van der Waals surface area contributed by atoms with Gasteiger partial charge >= 0.3 is 0 Å². The van der Waals surface area contributed by atoms with Crippen molar-refractivity contribution in [2.45, 2.75) is 25.6 Å². The van der Waals surface area contributed by atoms with Crippen LogP contribution in [0.4, 0.5) is 5.69 Å². The van der Waals surface area contributed by atoms with E-state index in [9.17, 15) is 5.11 Å². The van der Waals surface area contributed by atoms with E-state index >= 15 is 0 Å². The van der Waals surface area contributed by atoms with Crippen molar-refractivity contribution in [2.75, 3.05) is 44.7 Å². The summed E-state index contributed by atoms with van der Waals surface area (Å²) in [6.07, 6.45) is 0.779. The minimum atomic E-state index is -0.309. The van der Waals surface area contributed by atoms with Crippen LogP contribution in [0.1, 0.15) is 16.7 Å². The zero-order chi connectivity index (χ0) is 17.9. The molecular formula is C22H29N3O. The number of hydrogen-bond acceptors (Lipinski definition) is 4. The fourth-order valence-electron chi connectivity index (χ4n) is 4.27. The summed E-state index contributed by atoms with van der Waals surface area (Å²) < 4.78 is 0. The predicted octanol–water partition coefficient (Wildman–Crippen LogP) is 2.36. The average molecular weight is 351 g/mol. The normalized spacial score (nSPS) is 19.5. The summed E-state index contributed by atoms with van der Waals surface area (Å²) in [6, 6.07) is 17.3. The Kier molecular flexibility index (Phi) is 5.25. The lowest BCUT2D eigenvalue weighted by molar-refractivity contribution is 0.0682. The number of aliphatic hydroxyl groups excluding tert-OH is 1. The zero-order valence-corrected chi connectivity index (χ0v) is 15.6. The minimum Gasteiger partial charge on any atom is -0.390 e. The van der Waals surface area contributed by atoms with Crippen molar-refractivity contribution in [1.29, 1.82) is 0 Å². The summed E-state index contributed by atoms with van der Waals surface area (Å²) in [5.41, 5.74) is 5.55. The molecule has 0 amide bonds. The van der Waals surface area contributed by atoms with Gasteiger partial charge in [0.2, 0.25) is 0 Å². The lowest BCUT2D eigenvalue weighted by atomic mass is 10.00. The first-order valence-corrected chi connectivity index (χ1v) is 9.67. The first-order valence-electron chi connectivity index (χ1n) is 9.67. The number of nitrogens with zero attached hydrogens (tertiary/aromatic N) is 3. The molecule has 2 heterocycles. The van der Waals surface area contributed by atoms with Crippen LogP contribution >= 0.6 is 0 Å². The first kappa shape index (κ1) is 17.5. The Balaban J connectivity index is 1.35. The summed E-state index contributed by atoms with van der Waals surface area (Å²) in [4.78, 5) is 7.11. The zero-order valence-electron chi connectivity index (χ0n) is 15.6. The number of fused-ring (bicyclic) bond motifs is 2. The van der Waals surface area contributed by atoms with E-state index in [1.54, 1.807) is 0 Å². The highest BCUT2D eigenvalue weighted by atomic mass is 16.3. The van der Waals surface area contributed by atoms with Crippen molar-refractivity contribution in [3.8, 4) is 0 Å². The molecule has 0 aromatic heterocycles. The van der Waals surface area contributed by atoms with Crippen LogP contribution in [0.2, 0.25) is 0 Å². The molecule has 4 rings (SSSR count). The SMILES string of the molecule is CN1CCN(C[C@H](O)CN2CCc3ccccc3C2)Cc2ccccc21. The van der Waals surface area contributed by atoms with Gasteiger partial charge < -0.3 is 10.0 Å². The van der Waals surface area contributed by atoms with Gasteiger partial charge in [-0.2, -0.15) is 0 Å². The Bertz CT molecular complexity index is 748. The van der Waals surface area contributed by atoms with Crippen molar-refractivity contribution in [2.24, 2.45) is 0 Å². The van der Waals surface area contributed by atoms with Gasteiger partial charge in [0.15, 0.2) is 0 Å². The molecule has 2 aromatic rings. The molecule has 4 heteroatoms. The van der Waals surface area contributed by atoms with Crippen molar-refractivity contribution in [1.82, 2.24) is 9.80 Å². The predicted molar refractivity (Wildman–Crippen MR) is 106 cm³/mol. The van der Waals surface area contributed by atoms with Gasteiger partial charge in [-0.05, 0) is 29.2 Å². The quantitative estimate of drug-likeness (QED) is 0.916.